The molecule has 1 aromatic carbocycles. The van der Waals surface area contributed by atoms with Gasteiger partial charge in [-0.2, -0.15) is 12.6 Å². The number of carbonyl (C=O) groups excluding carboxylic acids is 3. The number of aliphatic hydroxyl groups is 1. The molecule has 1 aromatic heterocycles. The van der Waals surface area contributed by atoms with Gasteiger partial charge in [0.1, 0.15) is 18.1 Å². The Kier molecular flexibility index (Phi) is 10.9. The number of nitrogens with two attached hydrogens (primary N) is 1. The Morgan fingerprint density at radius 2 is 1.65 bits per heavy atom. The van der Waals surface area contributed by atoms with Crippen molar-refractivity contribution in [1.82, 2.24) is 20.9 Å². The van der Waals surface area contributed by atoms with E-state index in [-0.39, 0.29) is 12.2 Å². The number of carboxylic acid groups (broad SMARTS) is 2. The number of aliphatic hydroxyl groups excluding tert-OH is 1. The number of aromatic amines is 1. The highest BCUT2D eigenvalue weighted by Gasteiger charge is 2.32. The zero-order valence-corrected chi connectivity index (χ0v) is 20.9. The Labute approximate surface area is 217 Å². The quantitative estimate of drug-likeness (QED) is 0.131. The van der Waals surface area contributed by atoms with Crippen molar-refractivity contribution in [3.8, 4) is 0 Å². The minimum absolute atomic E-state index is 0.165. The van der Waals surface area contributed by atoms with Crippen LogP contribution in [0.1, 0.15) is 25.3 Å². The van der Waals surface area contributed by atoms with Crippen molar-refractivity contribution in [1.29, 1.82) is 0 Å². The van der Waals surface area contributed by atoms with Crippen LogP contribution in [0.5, 0.6) is 0 Å². The fraction of sp³-hybridized carbons (Fsp3) is 0.435. The summed E-state index contributed by atoms with van der Waals surface area (Å²) in [5, 5.41) is 35.8. The second kappa shape index (κ2) is 13.6. The van der Waals surface area contributed by atoms with E-state index in [1.54, 1.807) is 6.20 Å². The summed E-state index contributed by atoms with van der Waals surface area (Å²) in [6.45, 7) is 1.20. The highest BCUT2D eigenvalue weighted by Crippen LogP contribution is 2.18. The molecule has 2 rings (SSSR count). The van der Waals surface area contributed by atoms with Crippen LogP contribution in [-0.4, -0.2) is 86.0 Å². The lowest BCUT2D eigenvalue weighted by molar-refractivity contribution is -0.144. The number of benzene rings is 1. The number of para-hydroxylation sites is 1. The molecule has 0 aliphatic carbocycles. The fourth-order valence-electron chi connectivity index (χ4n) is 3.55. The molecule has 1 heterocycles. The number of H-pyrrole nitrogens is 1. The van der Waals surface area contributed by atoms with Crippen LogP contribution in [0.4, 0.5) is 0 Å². The van der Waals surface area contributed by atoms with Gasteiger partial charge in [0.2, 0.25) is 17.7 Å². The minimum Gasteiger partial charge on any atom is -0.481 e. The van der Waals surface area contributed by atoms with E-state index in [9.17, 15) is 34.2 Å². The first-order valence-corrected chi connectivity index (χ1v) is 12.0. The summed E-state index contributed by atoms with van der Waals surface area (Å²) in [6, 6.07) is 2.12. The Hall–Kier alpha value is -3.62. The normalized spacial score (nSPS) is 15.1. The highest BCUT2D eigenvalue weighted by molar-refractivity contribution is 7.80. The predicted octanol–water partition coefficient (Wildman–Crippen LogP) is -1.25. The molecule has 37 heavy (non-hydrogen) atoms. The van der Waals surface area contributed by atoms with Gasteiger partial charge in [-0.1, -0.05) is 18.2 Å². The molecule has 5 unspecified atom stereocenters. The van der Waals surface area contributed by atoms with E-state index in [2.05, 4.69) is 33.6 Å². The molecular formula is C23H31N5O8S. The van der Waals surface area contributed by atoms with Crippen LogP contribution in [0, 0.1) is 0 Å². The summed E-state index contributed by atoms with van der Waals surface area (Å²) in [5.74, 6) is -5.44. The first kappa shape index (κ1) is 29.6. The molecule has 0 aliphatic rings. The number of amides is 3. The minimum atomic E-state index is -1.58. The number of rotatable bonds is 14. The molecule has 9 N–H and O–H groups in total. The zero-order valence-electron chi connectivity index (χ0n) is 20.0. The number of aromatic nitrogens is 1. The molecule has 2 aromatic rings. The van der Waals surface area contributed by atoms with E-state index in [4.69, 9.17) is 10.8 Å². The molecule has 0 saturated carbocycles. The molecular weight excluding hydrogens is 506 g/mol. The molecule has 14 heteroatoms. The standard InChI is InChI=1S/C23H31N5O8S/c1-11(29)19(22(34)26-16(23(35)36)6-7-18(30)31)28-21(33)17(10-37)27-20(32)14(24)8-12-9-25-15-5-3-2-4-13(12)15/h2-5,9,11,14,16-17,19,25,29,37H,6-8,10,24H2,1H3,(H,26,34)(H,27,32)(H,28,33)(H,30,31)(H,35,36). The topological polar surface area (TPSA) is 224 Å². The van der Waals surface area contributed by atoms with Crippen molar-refractivity contribution in [2.75, 3.05) is 5.75 Å². The molecule has 0 bridgehead atoms. The Morgan fingerprint density at radius 1 is 1.00 bits per heavy atom. The lowest BCUT2D eigenvalue weighted by Crippen LogP contribution is -2.60. The van der Waals surface area contributed by atoms with E-state index < -0.39 is 72.8 Å². The largest absolute Gasteiger partial charge is 0.481 e. The average Bonchev–Trinajstić information content (AvgIpc) is 3.25. The number of carboxylic acids is 2. The van der Waals surface area contributed by atoms with Gasteiger partial charge in [-0.3, -0.25) is 19.2 Å². The monoisotopic (exact) mass is 537 g/mol. The molecule has 202 valence electrons. The molecule has 0 fully saturated rings. The highest BCUT2D eigenvalue weighted by atomic mass is 32.1. The van der Waals surface area contributed by atoms with E-state index in [0.29, 0.717) is 0 Å². The molecule has 3 amide bonds. The maximum Gasteiger partial charge on any atom is 0.326 e. The van der Waals surface area contributed by atoms with Gasteiger partial charge in [-0.25, -0.2) is 4.79 Å². The van der Waals surface area contributed by atoms with Gasteiger partial charge in [0, 0.05) is 29.3 Å². The molecule has 13 nitrogen and oxygen atoms in total. The molecule has 5 atom stereocenters. The SMILES string of the molecule is CC(O)C(NC(=O)C(CS)NC(=O)C(N)Cc1c[nH]c2ccccc12)C(=O)NC(CCC(=O)O)C(=O)O. The van der Waals surface area contributed by atoms with E-state index in [1.165, 1.54) is 6.92 Å². The average molecular weight is 538 g/mol. The maximum atomic E-state index is 12.8. The van der Waals surface area contributed by atoms with Crippen LogP contribution in [0.15, 0.2) is 30.5 Å². The number of thiol groups is 1. The Morgan fingerprint density at radius 3 is 2.24 bits per heavy atom. The number of hydrogen-bond donors (Lipinski definition) is 9. The third-order valence-corrected chi connectivity index (χ3v) is 5.96. The van der Waals surface area contributed by atoms with Crippen molar-refractivity contribution >= 4 is 53.2 Å². The lowest BCUT2D eigenvalue weighted by Gasteiger charge is -2.26. The summed E-state index contributed by atoms with van der Waals surface area (Å²) >= 11 is 4.07. The summed E-state index contributed by atoms with van der Waals surface area (Å²) in [6.07, 6.45) is -0.440. The second-order valence-electron chi connectivity index (χ2n) is 8.47. The number of fused-ring (bicyclic) bond motifs is 1. The Balaban J connectivity index is 2.01. The number of hydrogen-bond acceptors (Lipinski definition) is 8. The van der Waals surface area contributed by atoms with Crippen LogP contribution < -0.4 is 21.7 Å². The maximum absolute atomic E-state index is 12.8. The lowest BCUT2D eigenvalue weighted by atomic mass is 10.0. The molecule has 0 saturated heterocycles. The first-order chi connectivity index (χ1) is 17.4. The summed E-state index contributed by atoms with van der Waals surface area (Å²) in [5.41, 5.74) is 7.74. The van der Waals surface area contributed by atoms with Crippen molar-refractivity contribution in [2.24, 2.45) is 5.73 Å². The summed E-state index contributed by atoms with van der Waals surface area (Å²) < 4.78 is 0. The van der Waals surface area contributed by atoms with Gasteiger partial charge in [-0.15, -0.1) is 0 Å². The van der Waals surface area contributed by atoms with Crippen LogP contribution >= 0.6 is 12.6 Å². The zero-order chi connectivity index (χ0) is 27.7. The van der Waals surface area contributed by atoms with Crippen molar-refractivity contribution in [2.45, 2.75) is 56.5 Å². The van der Waals surface area contributed by atoms with Crippen LogP contribution in [0.2, 0.25) is 0 Å². The van der Waals surface area contributed by atoms with Crippen molar-refractivity contribution < 1.29 is 39.3 Å². The Bertz CT molecular complexity index is 1140. The predicted molar refractivity (Wildman–Crippen MR) is 136 cm³/mol. The third kappa shape index (κ3) is 8.48. The van der Waals surface area contributed by atoms with Crippen molar-refractivity contribution in [3.05, 3.63) is 36.0 Å². The van der Waals surface area contributed by atoms with Gasteiger partial charge in [0.05, 0.1) is 12.1 Å². The van der Waals surface area contributed by atoms with Gasteiger partial charge >= 0.3 is 11.9 Å². The van der Waals surface area contributed by atoms with Crippen LogP contribution in [0.3, 0.4) is 0 Å². The molecule has 0 radical (unpaired) electrons. The number of aliphatic carboxylic acids is 2. The van der Waals surface area contributed by atoms with Gasteiger partial charge in [0.15, 0.2) is 0 Å². The van der Waals surface area contributed by atoms with E-state index in [0.717, 1.165) is 16.5 Å². The first-order valence-electron chi connectivity index (χ1n) is 11.4. The van der Waals surface area contributed by atoms with Gasteiger partial charge in [-0.05, 0) is 31.4 Å². The van der Waals surface area contributed by atoms with Crippen LogP contribution in [-0.2, 0) is 30.4 Å². The van der Waals surface area contributed by atoms with Crippen molar-refractivity contribution in [3.63, 3.8) is 0 Å². The number of carbonyl (C=O) groups is 5. The molecule has 0 spiro atoms. The van der Waals surface area contributed by atoms with Gasteiger partial charge < -0.3 is 42.0 Å². The van der Waals surface area contributed by atoms with Crippen LogP contribution in [0.25, 0.3) is 10.9 Å². The van der Waals surface area contributed by atoms with Gasteiger partial charge in [0.25, 0.3) is 0 Å². The fourth-order valence-corrected chi connectivity index (χ4v) is 3.81. The van der Waals surface area contributed by atoms with E-state index >= 15 is 0 Å². The second-order valence-corrected chi connectivity index (χ2v) is 8.84. The van der Waals surface area contributed by atoms with E-state index in [1.807, 2.05) is 24.3 Å². The smallest absolute Gasteiger partial charge is 0.326 e. The third-order valence-electron chi connectivity index (χ3n) is 5.59. The number of nitrogens with one attached hydrogen (secondary N) is 4. The molecule has 0 aliphatic heterocycles. The summed E-state index contributed by atoms with van der Waals surface area (Å²) in [7, 11) is 0. The summed E-state index contributed by atoms with van der Waals surface area (Å²) in [4.78, 5) is 63.2.